The highest BCUT2D eigenvalue weighted by atomic mass is 16.5. The Labute approximate surface area is 108 Å². The summed E-state index contributed by atoms with van der Waals surface area (Å²) >= 11 is 0. The average Bonchev–Trinajstić information content (AvgIpc) is 2.85. The van der Waals surface area contributed by atoms with Crippen molar-refractivity contribution in [3.05, 3.63) is 0 Å². The van der Waals surface area contributed by atoms with Gasteiger partial charge in [0, 0.05) is 12.6 Å². The monoisotopic (exact) mass is 241 g/mol. The second kappa shape index (κ2) is 9.90. The second-order valence-corrected chi connectivity index (χ2v) is 5.45. The van der Waals surface area contributed by atoms with E-state index in [4.69, 9.17) is 4.74 Å². The summed E-state index contributed by atoms with van der Waals surface area (Å²) in [6.45, 7) is 7.35. The zero-order valence-electron chi connectivity index (χ0n) is 11.8. The zero-order chi connectivity index (χ0) is 12.3. The lowest BCUT2D eigenvalue weighted by molar-refractivity contribution is 0.107. The predicted octanol–water partition coefficient (Wildman–Crippen LogP) is 3.75. The summed E-state index contributed by atoms with van der Waals surface area (Å²) in [5.41, 5.74) is 0. The van der Waals surface area contributed by atoms with Crippen LogP contribution in [0.5, 0.6) is 0 Å². The van der Waals surface area contributed by atoms with Crippen molar-refractivity contribution >= 4 is 0 Å². The molecule has 1 saturated carbocycles. The standard InChI is InChI=1S/C15H31NO/c1-3-11-16-15(13-17-12-4-2)10-9-14-7-5-6-8-14/h14-16H,3-13H2,1-2H3. The first-order valence-corrected chi connectivity index (χ1v) is 7.68. The molecule has 1 atom stereocenters. The van der Waals surface area contributed by atoms with Crippen LogP contribution < -0.4 is 5.32 Å². The van der Waals surface area contributed by atoms with Crippen molar-refractivity contribution in [3.8, 4) is 0 Å². The zero-order valence-corrected chi connectivity index (χ0v) is 11.8. The number of hydrogen-bond acceptors (Lipinski definition) is 2. The van der Waals surface area contributed by atoms with Gasteiger partial charge in [0.05, 0.1) is 6.61 Å². The normalized spacial score (nSPS) is 18.7. The lowest BCUT2D eigenvalue weighted by Crippen LogP contribution is -2.34. The summed E-state index contributed by atoms with van der Waals surface area (Å²) in [5, 5.41) is 3.63. The number of ether oxygens (including phenoxy) is 1. The van der Waals surface area contributed by atoms with Crippen LogP contribution in [0, 0.1) is 5.92 Å². The third kappa shape index (κ3) is 7.05. The summed E-state index contributed by atoms with van der Waals surface area (Å²) in [6, 6.07) is 0.585. The van der Waals surface area contributed by atoms with Gasteiger partial charge in [0.1, 0.15) is 0 Å². The Morgan fingerprint density at radius 1 is 1.18 bits per heavy atom. The Bertz CT molecular complexity index is 166. The molecule has 0 bridgehead atoms. The molecule has 0 radical (unpaired) electrons. The highest BCUT2D eigenvalue weighted by molar-refractivity contribution is 4.72. The molecule has 0 aromatic rings. The van der Waals surface area contributed by atoms with Crippen molar-refractivity contribution in [2.24, 2.45) is 5.92 Å². The van der Waals surface area contributed by atoms with Crippen LogP contribution in [0.4, 0.5) is 0 Å². The first kappa shape index (κ1) is 15.0. The van der Waals surface area contributed by atoms with Crippen LogP contribution in [0.25, 0.3) is 0 Å². The maximum Gasteiger partial charge on any atom is 0.0619 e. The minimum Gasteiger partial charge on any atom is -0.380 e. The maximum atomic E-state index is 5.69. The lowest BCUT2D eigenvalue weighted by atomic mass is 9.99. The molecule has 0 spiro atoms. The summed E-state index contributed by atoms with van der Waals surface area (Å²) in [4.78, 5) is 0. The van der Waals surface area contributed by atoms with Gasteiger partial charge in [-0.25, -0.2) is 0 Å². The van der Waals surface area contributed by atoms with Gasteiger partial charge in [0.25, 0.3) is 0 Å². The Balaban J connectivity index is 2.13. The average molecular weight is 241 g/mol. The third-order valence-electron chi connectivity index (χ3n) is 3.75. The predicted molar refractivity (Wildman–Crippen MR) is 74.4 cm³/mol. The smallest absolute Gasteiger partial charge is 0.0619 e. The van der Waals surface area contributed by atoms with E-state index in [9.17, 15) is 0 Å². The van der Waals surface area contributed by atoms with E-state index in [0.717, 1.165) is 32.1 Å². The van der Waals surface area contributed by atoms with E-state index in [1.807, 2.05) is 0 Å². The van der Waals surface area contributed by atoms with Crippen LogP contribution in [0.3, 0.4) is 0 Å². The van der Waals surface area contributed by atoms with Gasteiger partial charge in [-0.05, 0) is 38.1 Å². The minimum absolute atomic E-state index is 0.585. The molecule has 2 heteroatoms. The largest absolute Gasteiger partial charge is 0.380 e. The van der Waals surface area contributed by atoms with E-state index in [1.54, 1.807) is 0 Å². The molecule has 0 saturated heterocycles. The van der Waals surface area contributed by atoms with Crippen molar-refractivity contribution in [1.29, 1.82) is 0 Å². The van der Waals surface area contributed by atoms with Crippen LogP contribution in [0.1, 0.15) is 65.2 Å². The van der Waals surface area contributed by atoms with Crippen LogP contribution in [0.15, 0.2) is 0 Å². The van der Waals surface area contributed by atoms with Gasteiger partial charge in [-0.1, -0.05) is 39.5 Å². The summed E-state index contributed by atoms with van der Waals surface area (Å²) < 4.78 is 5.69. The molecule has 0 heterocycles. The third-order valence-corrected chi connectivity index (χ3v) is 3.75. The molecule has 1 unspecified atom stereocenters. The number of rotatable bonds is 10. The Kier molecular flexibility index (Phi) is 8.72. The van der Waals surface area contributed by atoms with Gasteiger partial charge < -0.3 is 10.1 Å². The quantitative estimate of drug-likeness (QED) is 0.588. The molecule has 1 fully saturated rings. The lowest BCUT2D eigenvalue weighted by Gasteiger charge is -2.20. The fourth-order valence-corrected chi connectivity index (χ4v) is 2.70. The molecule has 1 aliphatic rings. The molecule has 0 aromatic heterocycles. The summed E-state index contributed by atoms with van der Waals surface area (Å²) in [6.07, 6.45) is 10.9. The molecule has 0 aromatic carbocycles. The topological polar surface area (TPSA) is 21.3 Å². The van der Waals surface area contributed by atoms with Gasteiger partial charge in [-0.15, -0.1) is 0 Å². The Morgan fingerprint density at radius 2 is 1.94 bits per heavy atom. The maximum absolute atomic E-state index is 5.69. The summed E-state index contributed by atoms with van der Waals surface area (Å²) in [5.74, 6) is 1.01. The van der Waals surface area contributed by atoms with Crippen LogP contribution in [-0.4, -0.2) is 25.8 Å². The van der Waals surface area contributed by atoms with Crippen LogP contribution in [0.2, 0.25) is 0 Å². The Hall–Kier alpha value is -0.0800. The van der Waals surface area contributed by atoms with Gasteiger partial charge >= 0.3 is 0 Å². The Morgan fingerprint density at radius 3 is 2.59 bits per heavy atom. The minimum atomic E-state index is 0.585. The van der Waals surface area contributed by atoms with E-state index in [0.29, 0.717) is 6.04 Å². The molecule has 1 N–H and O–H groups in total. The molecule has 1 rings (SSSR count). The molecule has 102 valence electrons. The van der Waals surface area contributed by atoms with Crippen LogP contribution >= 0.6 is 0 Å². The number of nitrogens with one attached hydrogen (secondary N) is 1. The van der Waals surface area contributed by atoms with Gasteiger partial charge in [0.15, 0.2) is 0 Å². The van der Waals surface area contributed by atoms with Crippen molar-refractivity contribution < 1.29 is 4.74 Å². The molecule has 1 aliphatic carbocycles. The van der Waals surface area contributed by atoms with Gasteiger partial charge in [0.2, 0.25) is 0 Å². The first-order chi connectivity index (χ1) is 8.36. The molecular weight excluding hydrogens is 210 g/mol. The van der Waals surface area contributed by atoms with Crippen LogP contribution in [-0.2, 0) is 4.74 Å². The van der Waals surface area contributed by atoms with Crippen molar-refractivity contribution in [3.63, 3.8) is 0 Å². The summed E-state index contributed by atoms with van der Waals surface area (Å²) in [7, 11) is 0. The van der Waals surface area contributed by atoms with E-state index in [1.165, 1.54) is 44.9 Å². The highest BCUT2D eigenvalue weighted by Crippen LogP contribution is 2.28. The van der Waals surface area contributed by atoms with Crippen molar-refractivity contribution in [2.75, 3.05) is 19.8 Å². The SMILES string of the molecule is CCCNC(CCC1CCCC1)COCCC. The number of hydrogen-bond donors (Lipinski definition) is 1. The van der Waals surface area contributed by atoms with Crippen molar-refractivity contribution in [2.45, 2.75) is 71.3 Å². The van der Waals surface area contributed by atoms with Gasteiger partial charge in [-0.3, -0.25) is 0 Å². The van der Waals surface area contributed by atoms with Gasteiger partial charge in [-0.2, -0.15) is 0 Å². The molecule has 0 aliphatic heterocycles. The van der Waals surface area contributed by atoms with E-state index in [2.05, 4.69) is 19.2 Å². The molecule has 2 nitrogen and oxygen atoms in total. The van der Waals surface area contributed by atoms with E-state index >= 15 is 0 Å². The van der Waals surface area contributed by atoms with Crippen molar-refractivity contribution in [1.82, 2.24) is 5.32 Å². The van der Waals surface area contributed by atoms with E-state index in [-0.39, 0.29) is 0 Å². The molecule has 17 heavy (non-hydrogen) atoms. The first-order valence-electron chi connectivity index (χ1n) is 7.68. The highest BCUT2D eigenvalue weighted by Gasteiger charge is 2.17. The fourth-order valence-electron chi connectivity index (χ4n) is 2.70. The molecule has 0 amide bonds. The van der Waals surface area contributed by atoms with E-state index < -0.39 is 0 Å². The fraction of sp³-hybridized carbons (Fsp3) is 1.00. The molecular formula is C15H31NO. The second-order valence-electron chi connectivity index (χ2n) is 5.45.